The van der Waals surface area contributed by atoms with Crippen LogP contribution in [0.1, 0.15) is 11.7 Å². The van der Waals surface area contributed by atoms with Crippen molar-refractivity contribution < 1.29 is 4.52 Å². The Morgan fingerprint density at radius 2 is 2.09 bits per heavy atom. The van der Waals surface area contributed by atoms with Crippen LogP contribution < -0.4 is 5.56 Å². The van der Waals surface area contributed by atoms with Crippen molar-refractivity contribution in [3.8, 4) is 10.4 Å². The van der Waals surface area contributed by atoms with Gasteiger partial charge in [0.05, 0.1) is 11.7 Å². The molecule has 23 heavy (non-hydrogen) atoms. The van der Waals surface area contributed by atoms with E-state index in [-0.39, 0.29) is 12.1 Å². The van der Waals surface area contributed by atoms with E-state index in [1.807, 2.05) is 36.4 Å². The molecule has 0 saturated heterocycles. The molecule has 7 heteroatoms. The van der Waals surface area contributed by atoms with E-state index >= 15 is 0 Å². The maximum Gasteiger partial charge on any atom is 0.262 e. The summed E-state index contributed by atoms with van der Waals surface area (Å²) in [6.07, 6.45) is 1.52. The molecule has 3 heterocycles. The highest BCUT2D eigenvalue weighted by Crippen LogP contribution is 2.30. The quantitative estimate of drug-likeness (QED) is 0.579. The van der Waals surface area contributed by atoms with E-state index in [4.69, 9.17) is 4.52 Å². The lowest BCUT2D eigenvalue weighted by molar-refractivity contribution is 0.366. The third kappa shape index (κ3) is 2.55. The number of aryl methyl sites for hydroxylation is 1. The second-order valence-electron chi connectivity index (χ2n) is 5.11. The Morgan fingerprint density at radius 1 is 1.26 bits per heavy atom. The van der Waals surface area contributed by atoms with Gasteiger partial charge in [0.25, 0.3) is 5.56 Å². The van der Waals surface area contributed by atoms with Crippen LogP contribution >= 0.6 is 11.3 Å². The highest BCUT2D eigenvalue weighted by molar-refractivity contribution is 7.21. The Balaban J connectivity index is 1.77. The minimum Gasteiger partial charge on any atom is -0.337 e. The van der Waals surface area contributed by atoms with Crippen LogP contribution in [0, 0.1) is 6.92 Å². The fourth-order valence-corrected chi connectivity index (χ4v) is 3.36. The van der Waals surface area contributed by atoms with Gasteiger partial charge in [0, 0.05) is 4.88 Å². The van der Waals surface area contributed by atoms with Gasteiger partial charge in [-0.05, 0) is 18.6 Å². The molecule has 0 bridgehead atoms. The molecule has 0 N–H and O–H groups in total. The van der Waals surface area contributed by atoms with E-state index < -0.39 is 0 Å². The molecular formula is C16H12N4O2S. The van der Waals surface area contributed by atoms with E-state index in [0.29, 0.717) is 17.1 Å². The smallest absolute Gasteiger partial charge is 0.262 e. The SMILES string of the molecule is Cc1noc(Cn2cnc3sc(-c4ccccc4)cc3c2=O)n1. The lowest BCUT2D eigenvalue weighted by Gasteiger charge is -2.00. The molecular weight excluding hydrogens is 312 g/mol. The van der Waals surface area contributed by atoms with Crippen molar-refractivity contribution in [1.82, 2.24) is 19.7 Å². The van der Waals surface area contributed by atoms with Crippen molar-refractivity contribution >= 4 is 21.6 Å². The van der Waals surface area contributed by atoms with E-state index in [9.17, 15) is 4.79 Å². The molecule has 0 radical (unpaired) electrons. The molecule has 1 aromatic carbocycles. The van der Waals surface area contributed by atoms with Crippen LogP contribution in [-0.4, -0.2) is 19.7 Å². The maximum atomic E-state index is 12.6. The van der Waals surface area contributed by atoms with Crippen LogP contribution in [-0.2, 0) is 6.54 Å². The minimum absolute atomic E-state index is 0.107. The Kier molecular flexibility index (Phi) is 3.27. The third-order valence-corrected chi connectivity index (χ3v) is 4.54. The van der Waals surface area contributed by atoms with Crippen LogP contribution in [0.15, 0.2) is 52.0 Å². The summed E-state index contributed by atoms with van der Waals surface area (Å²) in [6.45, 7) is 1.96. The summed E-state index contributed by atoms with van der Waals surface area (Å²) >= 11 is 1.51. The van der Waals surface area contributed by atoms with Crippen LogP contribution in [0.5, 0.6) is 0 Å². The monoisotopic (exact) mass is 324 g/mol. The summed E-state index contributed by atoms with van der Waals surface area (Å²) in [6, 6.07) is 11.8. The van der Waals surface area contributed by atoms with Crippen molar-refractivity contribution in [1.29, 1.82) is 0 Å². The minimum atomic E-state index is -0.107. The van der Waals surface area contributed by atoms with Crippen LogP contribution in [0.2, 0.25) is 0 Å². The number of aromatic nitrogens is 4. The average molecular weight is 324 g/mol. The van der Waals surface area contributed by atoms with Gasteiger partial charge in [-0.1, -0.05) is 35.5 Å². The van der Waals surface area contributed by atoms with Gasteiger partial charge in [0.15, 0.2) is 5.82 Å². The normalized spacial score (nSPS) is 11.2. The fourth-order valence-electron chi connectivity index (χ4n) is 2.37. The Bertz CT molecular complexity index is 1030. The summed E-state index contributed by atoms with van der Waals surface area (Å²) in [5.41, 5.74) is 0.971. The first-order valence-electron chi connectivity index (χ1n) is 7.04. The van der Waals surface area contributed by atoms with Gasteiger partial charge in [0.1, 0.15) is 11.4 Å². The zero-order chi connectivity index (χ0) is 15.8. The number of rotatable bonds is 3. The maximum absolute atomic E-state index is 12.6. The van der Waals surface area contributed by atoms with Crippen molar-refractivity contribution in [3.63, 3.8) is 0 Å². The van der Waals surface area contributed by atoms with E-state index in [1.165, 1.54) is 22.2 Å². The summed E-state index contributed by atoms with van der Waals surface area (Å²) in [5, 5.41) is 4.33. The predicted octanol–water partition coefficient (Wildman–Crippen LogP) is 2.86. The van der Waals surface area contributed by atoms with Crippen molar-refractivity contribution in [2.45, 2.75) is 13.5 Å². The standard InChI is InChI=1S/C16H12N4O2S/c1-10-18-14(22-19-10)8-20-9-17-15-12(16(20)21)7-13(23-15)11-5-3-2-4-6-11/h2-7,9H,8H2,1H3. The number of benzene rings is 1. The lowest BCUT2D eigenvalue weighted by atomic mass is 10.2. The van der Waals surface area contributed by atoms with Crippen molar-refractivity contribution in [3.05, 3.63) is 64.8 Å². The van der Waals surface area contributed by atoms with Gasteiger partial charge in [-0.3, -0.25) is 9.36 Å². The van der Waals surface area contributed by atoms with Crippen LogP contribution in [0.25, 0.3) is 20.7 Å². The summed E-state index contributed by atoms with van der Waals surface area (Å²) in [4.78, 5) is 22.9. The first-order valence-corrected chi connectivity index (χ1v) is 7.86. The molecule has 6 nitrogen and oxygen atoms in total. The molecule has 0 fully saturated rings. The van der Waals surface area contributed by atoms with Crippen LogP contribution in [0.4, 0.5) is 0 Å². The molecule has 0 atom stereocenters. The van der Waals surface area contributed by atoms with Gasteiger partial charge in [-0.25, -0.2) is 4.98 Å². The molecule has 0 saturated carbocycles. The van der Waals surface area contributed by atoms with Crippen molar-refractivity contribution in [2.75, 3.05) is 0 Å². The molecule has 3 aromatic heterocycles. The largest absolute Gasteiger partial charge is 0.337 e. The van der Waals surface area contributed by atoms with Gasteiger partial charge in [-0.2, -0.15) is 4.98 Å². The van der Waals surface area contributed by atoms with E-state index in [1.54, 1.807) is 6.92 Å². The Labute approximate surface area is 135 Å². The number of hydrogen-bond acceptors (Lipinski definition) is 6. The second-order valence-corrected chi connectivity index (χ2v) is 6.14. The van der Waals surface area contributed by atoms with Gasteiger partial charge >= 0.3 is 0 Å². The second kappa shape index (κ2) is 5.44. The third-order valence-electron chi connectivity index (χ3n) is 3.45. The molecule has 114 valence electrons. The average Bonchev–Trinajstić information content (AvgIpc) is 3.18. The van der Waals surface area contributed by atoms with Gasteiger partial charge in [-0.15, -0.1) is 11.3 Å². The highest BCUT2D eigenvalue weighted by atomic mass is 32.1. The zero-order valence-electron chi connectivity index (χ0n) is 12.3. The highest BCUT2D eigenvalue weighted by Gasteiger charge is 2.12. The van der Waals surface area contributed by atoms with Crippen molar-refractivity contribution in [2.24, 2.45) is 0 Å². The van der Waals surface area contributed by atoms with Gasteiger partial charge < -0.3 is 4.52 Å². The Hall–Kier alpha value is -2.80. The predicted molar refractivity (Wildman–Crippen MR) is 87.5 cm³/mol. The first-order chi connectivity index (χ1) is 11.2. The molecule has 0 aliphatic heterocycles. The summed E-state index contributed by atoms with van der Waals surface area (Å²) in [5.74, 6) is 0.938. The molecule has 4 rings (SSSR count). The summed E-state index contributed by atoms with van der Waals surface area (Å²) in [7, 11) is 0. The number of fused-ring (bicyclic) bond motifs is 1. The van der Waals surface area contributed by atoms with Crippen LogP contribution in [0.3, 0.4) is 0 Å². The van der Waals surface area contributed by atoms with E-state index in [0.717, 1.165) is 15.3 Å². The molecule has 0 aliphatic rings. The number of thiophene rings is 1. The Morgan fingerprint density at radius 3 is 2.83 bits per heavy atom. The van der Waals surface area contributed by atoms with Gasteiger partial charge in [0.2, 0.25) is 5.89 Å². The molecule has 0 unspecified atom stereocenters. The first kappa shape index (κ1) is 13.8. The molecule has 0 amide bonds. The molecule has 4 aromatic rings. The van der Waals surface area contributed by atoms with E-state index in [2.05, 4.69) is 15.1 Å². The fraction of sp³-hybridized carbons (Fsp3) is 0.125. The number of nitrogens with zero attached hydrogens (tertiary/aromatic N) is 4. The lowest BCUT2D eigenvalue weighted by Crippen LogP contribution is -2.20. The number of hydrogen-bond donors (Lipinski definition) is 0. The zero-order valence-corrected chi connectivity index (χ0v) is 13.1. The topological polar surface area (TPSA) is 73.8 Å². The molecule has 0 spiro atoms. The molecule has 0 aliphatic carbocycles. The summed E-state index contributed by atoms with van der Waals surface area (Å²) < 4.78 is 6.55.